The number of rotatable bonds is 15. The van der Waals surface area contributed by atoms with E-state index >= 15 is 13.2 Å². The predicted octanol–water partition coefficient (Wildman–Crippen LogP) is 10.9. The number of aromatic nitrogens is 3. The van der Waals surface area contributed by atoms with E-state index in [1.54, 1.807) is 30.3 Å². The standard InChI is InChI=1S/C39H46F6N4O7/c1-9-11-20-37(39(43,44)45,52-23-25-16-13-12-14-17-25)32-48-47-31(54-32)29-28(49(33(50)55-35(3,4)5)34(51)56-36(6,7)8)22-27(38(40,41)42)30(46-29)53-26(15-10-2)21-24-18-19-24/h9-10,12-14,16-17,22,24,26H,1-2,11,15,18-21,23H2,3-8H3/t26?,37-/m1/s1. The maximum Gasteiger partial charge on any atom is 0.426 e. The number of imide groups is 1. The van der Waals surface area contributed by atoms with Crippen LogP contribution in [0.4, 0.5) is 41.6 Å². The van der Waals surface area contributed by atoms with Crippen LogP contribution >= 0.6 is 0 Å². The summed E-state index contributed by atoms with van der Waals surface area (Å²) in [5, 5.41) is 7.46. The van der Waals surface area contributed by atoms with Crippen LogP contribution in [0.3, 0.4) is 0 Å². The highest BCUT2D eigenvalue weighted by molar-refractivity contribution is 6.11. The largest absolute Gasteiger partial charge is 0.474 e. The molecule has 4 rings (SSSR count). The van der Waals surface area contributed by atoms with Crippen molar-refractivity contribution in [1.82, 2.24) is 15.2 Å². The molecule has 1 fully saturated rings. The number of nitrogens with zero attached hydrogens (tertiary/aromatic N) is 4. The first-order valence-corrected chi connectivity index (χ1v) is 17.8. The van der Waals surface area contributed by atoms with Gasteiger partial charge in [0.05, 0.1) is 12.3 Å². The summed E-state index contributed by atoms with van der Waals surface area (Å²) in [6.45, 7) is 15.3. The minimum atomic E-state index is -5.21. The van der Waals surface area contributed by atoms with Gasteiger partial charge in [-0.3, -0.25) is 0 Å². The number of allylic oxidation sites excluding steroid dienone is 1. The number of anilines is 1. The van der Waals surface area contributed by atoms with Crippen LogP contribution in [-0.2, 0) is 32.6 Å². The Bertz CT molecular complexity index is 1820. The molecule has 0 radical (unpaired) electrons. The summed E-state index contributed by atoms with van der Waals surface area (Å²) in [4.78, 5) is 31.7. The number of hydrogen-bond donors (Lipinski definition) is 0. The predicted molar refractivity (Wildman–Crippen MR) is 192 cm³/mol. The van der Waals surface area contributed by atoms with Crippen molar-refractivity contribution in [2.45, 2.75) is 122 Å². The second kappa shape index (κ2) is 17.1. The highest BCUT2D eigenvalue weighted by atomic mass is 19.4. The smallest absolute Gasteiger partial charge is 0.426 e. The number of alkyl halides is 6. The third-order valence-electron chi connectivity index (χ3n) is 8.13. The highest BCUT2D eigenvalue weighted by Crippen LogP contribution is 2.48. The van der Waals surface area contributed by atoms with E-state index in [9.17, 15) is 22.8 Å². The third-order valence-corrected chi connectivity index (χ3v) is 8.13. The topological polar surface area (TPSA) is 126 Å². The van der Waals surface area contributed by atoms with E-state index < -0.39 is 95.1 Å². The SMILES string of the molecule is C=CCC[C@@](OCc1ccccc1)(c1nnc(-c2nc(OC(CC=C)CC3CC3)c(C(F)(F)F)cc2N(C(=O)OC(C)(C)C)C(=O)OC(C)(C)C)o1)C(F)(F)F. The number of benzene rings is 1. The summed E-state index contributed by atoms with van der Waals surface area (Å²) >= 11 is 0. The quantitative estimate of drug-likeness (QED) is 0.108. The molecule has 2 atom stereocenters. The van der Waals surface area contributed by atoms with Crippen LogP contribution in [0.1, 0.15) is 97.1 Å². The molecule has 0 saturated heterocycles. The maximum atomic E-state index is 15.2. The molecule has 0 bridgehead atoms. The van der Waals surface area contributed by atoms with E-state index in [1.807, 2.05) is 0 Å². The van der Waals surface area contributed by atoms with Crippen LogP contribution in [-0.4, -0.2) is 50.9 Å². The van der Waals surface area contributed by atoms with Crippen LogP contribution in [0.25, 0.3) is 11.6 Å². The molecular weight excluding hydrogens is 750 g/mol. The number of carbonyl (C=O) groups excluding carboxylic acids is 2. The summed E-state index contributed by atoms with van der Waals surface area (Å²) in [5.41, 5.74) is -8.80. The van der Waals surface area contributed by atoms with Crippen molar-refractivity contribution in [3.63, 3.8) is 0 Å². The fourth-order valence-electron chi connectivity index (χ4n) is 5.41. The number of carbonyl (C=O) groups is 2. The molecular formula is C39H46F6N4O7. The molecule has 11 nitrogen and oxygen atoms in total. The Morgan fingerprint density at radius 2 is 1.54 bits per heavy atom. The number of hydrogen-bond acceptors (Lipinski definition) is 10. The van der Waals surface area contributed by atoms with Crippen LogP contribution in [0.5, 0.6) is 5.88 Å². The van der Waals surface area contributed by atoms with Gasteiger partial charge in [0.1, 0.15) is 22.9 Å². The van der Waals surface area contributed by atoms with Crippen LogP contribution in [0, 0.1) is 5.92 Å². The molecule has 0 N–H and O–H groups in total. The van der Waals surface area contributed by atoms with Crippen molar-refractivity contribution >= 4 is 17.9 Å². The van der Waals surface area contributed by atoms with Gasteiger partial charge in [0, 0.05) is 6.42 Å². The van der Waals surface area contributed by atoms with Gasteiger partial charge in [0.25, 0.3) is 11.8 Å². The van der Waals surface area contributed by atoms with Gasteiger partial charge < -0.3 is 23.4 Å². The lowest BCUT2D eigenvalue weighted by Crippen LogP contribution is -2.45. The van der Waals surface area contributed by atoms with Gasteiger partial charge >= 0.3 is 24.5 Å². The fraction of sp³-hybridized carbons (Fsp3) is 0.513. The first-order valence-electron chi connectivity index (χ1n) is 17.8. The molecule has 56 heavy (non-hydrogen) atoms. The number of halogens is 6. The van der Waals surface area contributed by atoms with Gasteiger partial charge in [-0.25, -0.2) is 14.6 Å². The Morgan fingerprint density at radius 3 is 2.04 bits per heavy atom. The molecule has 1 unspecified atom stereocenters. The molecule has 1 aliphatic carbocycles. The number of amides is 2. The van der Waals surface area contributed by atoms with Crippen LogP contribution < -0.4 is 9.64 Å². The molecule has 17 heteroatoms. The van der Waals surface area contributed by atoms with Gasteiger partial charge in [-0.05, 0) is 78.4 Å². The average Bonchev–Trinajstić information content (AvgIpc) is 3.74. The average molecular weight is 797 g/mol. The second-order valence-electron chi connectivity index (χ2n) is 15.3. The van der Waals surface area contributed by atoms with Gasteiger partial charge in [-0.15, -0.1) is 23.4 Å². The van der Waals surface area contributed by atoms with Crippen LogP contribution in [0.15, 0.2) is 66.1 Å². The van der Waals surface area contributed by atoms with Crippen molar-refractivity contribution in [2.24, 2.45) is 5.92 Å². The zero-order valence-corrected chi connectivity index (χ0v) is 32.1. The minimum absolute atomic E-state index is 0.120. The molecule has 2 amide bonds. The van der Waals surface area contributed by atoms with E-state index in [0.717, 1.165) is 12.8 Å². The van der Waals surface area contributed by atoms with E-state index in [0.29, 0.717) is 18.1 Å². The van der Waals surface area contributed by atoms with Crippen molar-refractivity contribution in [2.75, 3.05) is 4.90 Å². The summed E-state index contributed by atoms with van der Waals surface area (Å²) in [5.74, 6) is -2.88. The monoisotopic (exact) mass is 796 g/mol. The molecule has 0 aliphatic heterocycles. The first-order chi connectivity index (χ1) is 26.0. The molecule has 1 aliphatic rings. The summed E-state index contributed by atoms with van der Waals surface area (Å²) in [6.07, 6.45) is -10.5. The van der Waals surface area contributed by atoms with E-state index in [2.05, 4.69) is 28.3 Å². The Morgan fingerprint density at radius 1 is 0.929 bits per heavy atom. The zero-order chi connectivity index (χ0) is 41.7. The molecule has 0 spiro atoms. The number of ether oxygens (including phenoxy) is 4. The van der Waals surface area contributed by atoms with Gasteiger partial charge in [0.2, 0.25) is 11.5 Å². The molecule has 1 aromatic carbocycles. The first kappa shape index (κ1) is 43.8. The van der Waals surface area contributed by atoms with Gasteiger partial charge in [-0.1, -0.05) is 55.3 Å². The fourth-order valence-corrected chi connectivity index (χ4v) is 5.41. The van der Waals surface area contributed by atoms with Crippen molar-refractivity contribution < 1.29 is 59.3 Å². The van der Waals surface area contributed by atoms with Crippen molar-refractivity contribution in [3.05, 3.63) is 78.7 Å². The lowest BCUT2D eigenvalue weighted by atomic mass is 9.96. The Balaban J connectivity index is 2.02. The van der Waals surface area contributed by atoms with Crippen molar-refractivity contribution in [1.29, 1.82) is 0 Å². The van der Waals surface area contributed by atoms with E-state index in [4.69, 9.17) is 23.4 Å². The highest BCUT2D eigenvalue weighted by Gasteiger charge is 2.61. The maximum absolute atomic E-state index is 15.2. The summed E-state index contributed by atoms with van der Waals surface area (Å²) in [6, 6.07) is 8.32. The Labute approximate surface area is 321 Å². The molecule has 3 aromatic rings. The minimum Gasteiger partial charge on any atom is -0.474 e. The Kier molecular flexibility index (Phi) is 13.3. The lowest BCUT2D eigenvalue weighted by Gasteiger charge is -2.32. The Hall–Kier alpha value is -4.93. The third kappa shape index (κ3) is 11.3. The van der Waals surface area contributed by atoms with E-state index in [1.165, 1.54) is 53.7 Å². The van der Waals surface area contributed by atoms with E-state index in [-0.39, 0.29) is 23.7 Å². The molecule has 306 valence electrons. The van der Waals surface area contributed by atoms with Crippen molar-refractivity contribution in [3.8, 4) is 17.5 Å². The van der Waals surface area contributed by atoms with Gasteiger partial charge in [0.15, 0.2) is 5.69 Å². The van der Waals surface area contributed by atoms with Gasteiger partial charge in [-0.2, -0.15) is 31.2 Å². The number of pyridine rings is 1. The van der Waals surface area contributed by atoms with Crippen LogP contribution in [0.2, 0.25) is 0 Å². The molecule has 1 saturated carbocycles. The summed E-state index contributed by atoms with van der Waals surface area (Å²) < 4.78 is 118. The second-order valence-corrected chi connectivity index (χ2v) is 15.3. The molecule has 2 heterocycles. The molecule has 2 aromatic heterocycles. The zero-order valence-electron chi connectivity index (χ0n) is 32.1. The lowest BCUT2D eigenvalue weighted by molar-refractivity contribution is -0.299. The summed E-state index contributed by atoms with van der Waals surface area (Å²) in [7, 11) is 0. The normalized spacial score (nSPS) is 15.4.